The zero-order valence-corrected chi connectivity index (χ0v) is 15.7. The minimum atomic E-state index is 0.613. The zero-order valence-electron chi connectivity index (χ0n) is 15.7. The zero-order chi connectivity index (χ0) is 18.0. The van der Waals surface area contributed by atoms with Crippen molar-refractivity contribution in [1.82, 2.24) is 14.9 Å². The molecule has 0 spiro atoms. The fourth-order valence-corrected chi connectivity index (χ4v) is 3.05. The van der Waals surface area contributed by atoms with Gasteiger partial charge in [0.15, 0.2) is 5.82 Å². The molecule has 1 aromatic heterocycles. The number of hydrogen-bond acceptors (Lipinski definition) is 6. The molecule has 0 radical (unpaired) electrons. The summed E-state index contributed by atoms with van der Waals surface area (Å²) in [5.74, 6) is 1.36. The van der Waals surface area contributed by atoms with Crippen LogP contribution in [0, 0.1) is 0 Å². The van der Waals surface area contributed by atoms with Gasteiger partial charge in [-0.1, -0.05) is 38.3 Å². The molecule has 2 heterocycles. The van der Waals surface area contributed by atoms with Crippen LogP contribution >= 0.6 is 0 Å². The molecule has 6 nitrogen and oxygen atoms in total. The fourth-order valence-electron chi connectivity index (χ4n) is 3.05. The summed E-state index contributed by atoms with van der Waals surface area (Å²) >= 11 is 0. The smallest absolute Gasteiger partial charge is 0.258 e. The predicted molar refractivity (Wildman–Crippen MR) is 105 cm³/mol. The van der Waals surface area contributed by atoms with Gasteiger partial charge in [-0.05, 0) is 18.6 Å². The van der Waals surface area contributed by atoms with Crippen LogP contribution in [0.5, 0.6) is 5.88 Å². The highest BCUT2D eigenvalue weighted by Gasteiger charge is 2.12. The van der Waals surface area contributed by atoms with E-state index in [4.69, 9.17) is 14.5 Å². The first kappa shape index (κ1) is 18.9. The number of unbranched alkanes of at least 4 members (excludes halogenated alkanes) is 3. The lowest BCUT2D eigenvalue weighted by molar-refractivity contribution is 0.0398. The Labute approximate surface area is 155 Å². The summed E-state index contributed by atoms with van der Waals surface area (Å²) in [6, 6.07) is 7.93. The van der Waals surface area contributed by atoms with Crippen molar-refractivity contribution in [2.75, 3.05) is 51.3 Å². The second-order valence-electron chi connectivity index (χ2n) is 6.66. The number of anilines is 1. The summed E-state index contributed by atoms with van der Waals surface area (Å²) in [5.41, 5.74) is 1.76. The van der Waals surface area contributed by atoms with Crippen LogP contribution in [-0.4, -0.2) is 60.9 Å². The third-order valence-electron chi connectivity index (χ3n) is 4.60. The minimum Gasteiger partial charge on any atom is -0.475 e. The van der Waals surface area contributed by atoms with Gasteiger partial charge in [0.25, 0.3) is 5.88 Å². The quantitative estimate of drug-likeness (QED) is 0.658. The van der Waals surface area contributed by atoms with Crippen molar-refractivity contribution in [3.05, 3.63) is 24.3 Å². The van der Waals surface area contributed by atoms with Crippen molar-refractivity contribution in [2.45, 2.75) is 32.6 Å². The number of morpholine rings is 1. The number of ether oxygens (including phenoxy) is 2. The van der Waals surface area contributed by atoms with E-state index in [1.165, 1.54) is 19.3 Å². The van der Waals surface area contributed by atoms with Crippen LogP contribution in [0.1, 0.15) is 32.6 Å². The van der Waals surface area contributed by atoms with E-state index in [-0.39, 0.29) is 0 Å². The summed E-state index contributed by atoms with van der Waals surface area (Å²) in [6.45, 7) is 8.31. The summed E-state index contributed by atoms with van der Waals surface area (Å²) in [7, 11) is 0. The van der Waals surface area contributed by atoms with E-state index in [2.05, 4.69) is 22.1 Å². The molecule has 1 fully saturated rings. The largest absolute Gasteiger partial charge is 0.475 e. The van der Waals surface area contributed by atoms with E-state index in [9.17, 15) is 0 Å². The monoisotopic (exact) mass is 358 g/mol. The van der Waals surface area contributed by atoms with Crippen LogP contribution in [0.25, 0.3) is 11.0 Å². The normalized spacial score (nSPS) is 15.3. The van der Waals surface area contributed by atoms with E-state index in [0.717, 1.165) is 62.7 Å². The Kier molecular flexibility index (Phi) is 7.46. The molecule has 1 saturated heterocycles. The molecule has 1 N–H and O–H groups in total. The predicted octanol–water partition coefficient (Wildman–Crippen LogP) is 3.33. The third kappa shape index (κ3) is 5.54. The van der Waals surface area contributed by atoms with Crippen molar-refractivity contribution in [3.63, 3.8) is 0 Å². The number of benzene rings is 1. The highest BCUT2D eigenvalue weighted by molar-refractivity contribution is 5.77. The first-order chi connectivity index (χ1) is 12.9. The molecule has 0 unspecified atom stereocenters. The van der Waals surface area contributed by atoms with Crippen LogP contribution in [-0.2, 0) is 4.74 Å². The Hall–Kier alpha value is -1.92. The molecule has 0 saturated carbocycles. The van der Waals surface area contributed by atoms with Crippen LogP contribution < -0.4 is 10.1 Å². The second kappa shape index (κ2) is 10.3. The van der Waals surface area contributed by atoms with E-state index in [0.29, 0.717) is 12.5 Å². The second-order valence-corrected chi connectivity index (χ2v) is 6.66. The molecule has 0 atom stereocenters. The molecule has 1 aliphatic rings. The van der Waals surface area contributed by atoms with Crippen molar-refractivity contribution in [2.24, 2.45) is 0 Å². The molecule has 26 heavy (non-hydrogen) atoms. The van der Waals surface area contributed by atoms with Gasteiger partial charge in [0, 0.05) is 26.2 Å². The molecule has 0 aliphatic carbocycles. The van der Waals surface area contributed by atoms with Crippen molar-refractivity contribution >= 4 is 16.9 Å². The number of para-hydroxylation sites is 2. The lowest BCUT2D eigenvalue weighted by Crippen LogP contribution is -2.39. The first-order valence-corrected chi connectivity index (χ1v) is 9.80. The Morgan fingerprint density at radius 1 is 1.08 bits per heavy atom. The molecular formula is C20H30N4O2. The van der Waals surface area contributed by atoms with Crippen molar-refractivity contribution in [3.8, 4) is 5.88 Å². The maximum Gasteiger partial charge on any atom is 0.258 e. The molecular weight excluding hydrogens is 328 g/mol. The van der Waals surface area contributed by atoms with Gasteiger partial charge >= 0.3 is 0 Å². The number of aromatic nitrogens is 2. The number of nitrogens with one attached hydrogen (secondary N) is 1. The average molecular weight is 358 g/mol. The Balaban J connectivity index is 1.61. The summed E-state index contributed by atoms with van der Waals surface area (Å²) in [5, 5.41) is 3.42. The molecule has 1 aromatic carbocycles. The Morgan fingerprint density at radius 3 is 2.62 bits per heavy atom. The summed E-state index contributed by atoms with van der Waals surface area (Å²) < 4.78 is 11.4. The molecule has 6 heteroatoms. The lowest BCUT2D eigenvalue weighted by Gasteiger charge is -2.26. The molecule has 2 aromatic rings. The van der Waals surface area contributed by atoms with Gasteiger partial charge in [-0.25, -0.2) is 9.97 Å². The van der Waals surface area contributed by atoms with Crippen LogP contribution in [0.4, 0.5) is 5.82 Å². The third-order valence-corrected chi connectivity index (χ3v) is 4.60. The van der Waals surface area contributed by atoms with Gasteiger partial charge in [0.05, 0.1) is 30.9 Å². The van der Waals surface area contributed by atoms with Gasteiger partial charge in [-0.3, -0.25) is 4.90 Å². The van der Waals surface area contributed by atoms with Gasteiger partial charge in [-0.15, -0.1) is 0 Å². The van der Waals surface area contributed by atoms with E-state index in [1.54, 1.807) is 0 Å². The van der Waals surface area contributed by atoms with Gasteiger partial charge in [0.2, 0.25) is 0 Å². The van der Waals surface area contributed by atoms with Crippen LogP contribution in [0.3, 0.4) is 0 Å². The number of fused-ring (bicyclic) bond motifs is 1. The van der Waals surface area contributed by atoms with Gasteiger partial charge in [0.1, 0.15) is 0 Å². The highest BCUT2D eigenvalue weighted by Crippen LogP contribution is 2.23. The fraction of sp³-hybridized carbons (Fsp3) is 0.600. The van der Waals surface area contributed by atoms with Gasteiger partial charge < -0.3 is 14.8 Å². The molecule has 3 rings (SSSR count). The maximum absolute atomic E-state index is 5.96. The minimum absolute atomic E-state index is 0.613. The Bertz CT molecular complexity index is 674. The number of rotatable bonds is 10. The van der Waals surface area contributed by atoms with Crippen molar-refractivity contribution in [1.29, 1.82) is 0 Å². The van der Waals surface area contributed by atoms with Crippen molar-refractivity contribution < 1.29 is 9.47 Å². The van der Waals surface area contributed by atoms with Gasteiger partial charge in [-0.2, -0.15) is 0 Å². The highest BCUT2D eigenvalue weighted by atomic mass is 16.5. The molecule has 1 aliphatic heterocycles. The number of nitrogens with zero attached hydrogens (tertiary/aromatic N) is 3. The maximum atomic E-state index is 5.96. The lowest BCUT2D eigenvalue weighted by atomic mass is 10.2. The Morgan fingerprint density at radius 2 is 1.85 bits per heavy atom. The van der Waals surface area contributed by atoms with Crippen LogP contribution in [0.2, 0.25) is 0 Å². The summed E-state index contributed by atoms with van der Waals surface area (Å²) in [4.78, 5) is 11.8. The molecule has 0 bridgehead atoms. The SMILES string of the molecule is CCCCCCOc1nc2ccccc2nc1NCCN1CCOCC1. The standard InChI is InChI=1S/C20H30N4O2/c1-2-3-4-7-14-26-20-19(21-10-11-24-12-15-25-16-13-24)22-17-8-5-6-9-18(17)23-20/h5-6,8-9H,2-4,7,10-16H2,1H3,(H,21,22). The van der Waals surface area contributed by atoms with E-state index >= 15 is 0 Å². The van der Waals surface area contributed by atoms with E-state index < -0.39 is 0 Å². The summed E-state index contributed by atoms with van der Waals surface area (Å²) in [6.07, 6.45) is 4.72. The average Bonchev–Trinajstić information content (AvgIpc) is 2.69. The molecule has 0 amide bonds. The number of hydrogen-bond donors (Lipinski definition) is 1. The van der Waals surface area contributed by atoms with E-state index in [1.807, 2.05) is 24.3 Å². The molecule has 142 valence electrons. The van der Waals surface area contributed by atoms with Crippen LogP contribution in [0.15, 0.2) is 24.3 Å². The first-order valence-electron chi connectivity index (χ1n) is 9.80. The topological polar surface area (TPSA) is 59.5 Å².